The van der Waals surface area contributed by atoms with Crippen LogP contribution in [0, 0.1) is 0 Å². The molecule has 5 heteroatoms. The molecule has 5 aromatic rings. The topological polar surface area (TPSA) is 46.3 Å². The van der Waals surface area contributed by atoms with Crippen LogP contribution in [0.1, 0.15) is 77.0 Å². The van der Waals surface area contributed by atoms with Gasteiger partial charge in [-0.3, -0.25) is 0 Å². The fourth-order valence-corrected chi connectivity index (χ4v) is 8.04. The maximum absolute atomic E-state index is 14.0. The van der Waals surface area contributed by atoms with E-state index in [1.54, 1.807) is 11.3 Å². The van der Waals surface area contributed by atoms with Crippen molar-refractivity contribution in [3.63, 3.8) is 0 Å². The Balaban J connectivity index is 1.58. The summed E-state index contributed by atoms with van der Waals surface area (Å²) in [7, 11) is 0. The maximum atomic E-state index is 14.0. The number of fused-ring (bicyclic) bond motifs is 5. The van der Waals surface area contributed by atoms with Crippen LogP contribution < -0.4 is 10.5 Å². The van der Waals surface area contributed by atoms with E-state index in [0.29, 0.717) is 5.56 Å². The molecule has 0 aliphatic carbocycles. The lowest BCUT2D eigenvalue weighted by Crippen LogP contribution is -2.44. The van der Waals surface area contributed by atoms with Crippen LogP contribution in [0.15, 0.2) is 51.7 Å². The summed E-state index contributed by atoms with van der Waals surface area (Å²) in [5.41, 5.74) is 7.20. The molecule has 200 valence electrons. The Morgan fingerprint density at radius 3 is 2.56 bits per heavy atom. The molecular formula is C34H36N2O2S. The average Bonchev–Trinajstić information content (AvgIpc) is 3.34. The van der Waals surface area contributed by atoms with Crippen molar-refractivity contribution in [3.8, 4) is 10.6 Å². The molecule has 2 aliphatic rings. The number of aromatic nitrogens is 1. The molecule has 39 heavy (non-hydrogen) atoms. The number of anilines is 1. The number of unbranched alkanes of at least 4 members (excludes halogenated alkanes) is 1. The van der Waals surface area contributed by atoms with E-state index in [9.17, 15) is 4.79 Å². The monoisotopic (exact) mass is 536 g/mol. The lowest BCUT2D eigenvalue weighted by atomic mass is 9.69. The summed E-state index contributed by atoms with van der Waals surface area (Å²) >= 11 is 1.62. The quantitative estimate of drug-likeness (QED) is 0.215. The van der Waals surface area contributed by atoms with Crippen LogP contribution in [-0.2, 0) is 17.3 Å². The molecule has 7 rings (SSSR count). The van der Waals surface area contributed by atoms with Gasteiger partial charge in [0.2, 0.25) is 0 Å². The van der Waals surface area contributed by atoms with Crippen LogP contribution in [0.4, 0.5) is 5.69 Å². The van der Waals surface area contributed by atoms with Crippen LogP contribution >= 0.6 is 11.3 Å². The number of benzene rings is 3. The van der Waals surface area contributed by atoms with Gasteiger partial charge in [0, 0.05) is 35.1 Å². The molecule has 4 heterocycles. The molecule has 0 N–H and O–H groups in total. The third-order valence-corrected chi connectivity index (χ3v) is 10.4. The van der Waals surface area contributed by atoms with Gasteiger partial charge in [0.1, 0.15) is 10.6 Å². The second-order valence-electron chi connectivity index (χ2n) is 12.8. The van der Waals surface area contributed by atoms with Crippen LogP contribution in [0.3, 0.4) is 0 Å². The summed E-state index contributed by atoms with van der Waals surface area (Å²) < 4.78 is 7.54. The lowest BCUT2D eigenvalue weighted by molar-refractivity contribution is 0.398. The van der Waals surface area contributed by atoms with Crippen molar-refractivity contribution in [2.24, 2.45) is 0 Å². The highest BCUT2D eigenvalue weighted by Gasteiger charge is 2.42. The van der Waals surface area contributed by atoms with Gasteiger partial charge in [-0.2, -0.15) is 0 Å². The van der Waals surface area contributed by atoms with Crippen molar-refractivity contribution in [2.45, 2.75) is 77.6 Å². The minimum Gasteiger partial charge on any atom is -0.422 e. The molecular weight excluding hydrogens is 500 g/mol. The van der Waals surface area contributed by atoms with Crippen molar-refractivity contribution in [1.29, 1.82) is 0 Å². The van der Waals surface area contributed by atoms with Crippen LogP contribution in [0.2, 0.25) is 0 Å². The third kappa shape index (κ3) is 3.69. The van der Waals surface area contributed by atoms with Gasteiger partial charge in [0.25, 0.3) is 0 Å². The Kier molecular flexibility index (Phi) is 5.51. The summed E-state index contributed by atoms with van der Waals surface area (Å²) in [6.45, 7) is 13.7. The Morgan fingerprint density at radius 2 is 1.77 bits per heavy atom. The number of nitrogens with zero attached hydrogens (tertiary/aromatic N) is 2. The minimum absolute atomic E-state index is 0.0648. The first-order valence-corrected chi connectivity index (χ1v) is 15.2. The lowest BCUT2D eigenvalue weighted by Gasteiger charge is -2.48. The predicted molar refractivity (Wildman–Crippen MR) is 165 cm³/mol. The molecule has 0 unspecified atom stereocenters. The van der Waals surface area contributed by atoms with E-state index in [0.717, 1.165) is 77.0 Å². The Hall–Kier alpha value is -3.18. The van der Waals surface area contributed by atoms with Crippen molar-refractivity contribution in [3.05, 3.63) is 69.6 Å². The molecule has 0 saturated carbocycles. The third-order valence-electron chi connectivity index (χ3n) is 9.29. The number of rotatable bonds is 4. The van der Waals surface area contributed by atoms with Crippen LogP contribution in [0.5, 0.6) is 0 Å². The molecule has 0 fully saturated rings. The van der Waals surface area contributed by atoms with E-state index < -0.39 is 0 Å². The number of hydrogen-bond acceptors (Lipinski definition) is 5. The number of aryl methyl sites for hydroxylation is 1. The molecule has 4 nitrogen and oxygen atoms in total. The average molecular weight is 537 g/mol. The van der Waals surface area contributed by atoms with Gasteiger partial charge in [-0.25, -0.2) is 9.78 Å². The summed E-state index contributed by atoms with van der Waals surface area (Å²) in [4.78, 5) is 21.6. The molecule has 2 aromatic heterocycles. The van der Waals surface area contributed by atoms with Crippen LogP contribution in [-0.4, -0.2) is 18.1 Å². The standard InChI is InChI=1S/C34H36N2O2S/c1-6-7-11-22-23-19-24-28-27(34(4,5)16-18-36(28)17-15-33(24,2)3)29(23)38-32(37)26(22)31-35-25-14-13-20-10-8-9-12-21(20)30(25)39-31/h8-10,12-14,19H,6-7,11,15-18H2,1-5H3. The second kappa shape index (κ2) is 8.66. The van der Waals surface area contributed by atoms with E-state index in [-0.39, 0.29) is 16.5 Å². The first-order chi connectivity index (χ1) is 18.7. The summed E-state index contributed by atoms with van der Waals surface area (Å²) in [6, 6.07) is 15.0. The highest BCUT2D eigenvalue weighted by atomic mass is 32.1. The fraction of sp³-hybridized carbons (Fsp3) is 0.412. The predicted octanol–water partition coefficient (Wildman–Crippen LogP) is 8.73. The molecule has 2 aliphatic heterocycles. The van der Waals surface area contributed by atoms with Crippen molar-refractivity contribution < 1.29 is 4.42 Å². The van der Waals surface area contributed by atoms with Gasteiger partial charge in [-0.15, -0.1) is 11.3 Å². The highest BCUT2D eigenvalue weighted by molar-refractivity contribution is 7.22. The normalized spacial score (nSPS) is 17.7. The first kappa shape index (κ1) is 24.8. The van der Waals surface area contributed by atoms with E-state index in [1.165, 1.54) is 27.6 Å². The molecule has 3 aromatic carbocycles. The smallest absolute Gasteiger partial charge is 0.346 e. The Labute approximate surface area is 233 Å². The zero-order chi connectivity index (χ0) is 27.1. The van der Waals surface area contributed by atoms with E-state index >= 15 is 0 Å². The van der Waals surface area contributed by atoms with E-state index in [4.69, 9.17) is 9.40 Å². The second-order valence-corrected chi connectivity index (χ2v) is 13.8. The Morgan fingerprint density at radius 1 is 1.00 bits per heavy atom. The largest absolute Gasteiger partial charge is 0.422 e. The van der Waals surface area contributed by atoms with Gasteiger partial charge in [-0.05, 0) is 65.2 Å². The van der Waals surface area contributed by atoms with E-state index in [1.807, 2.05) is 0 Å². The molecule has 0 amide bonds. The molecule has 0 radical (unpaired) electrons. The minimum atomic E-state index is -0.254. The van der Waals surface area contributed by atoms with E-state index in [2.05, 4.69) is 82.0 Å². The van der Waals surface area contributed by atoms with Gasteiger partial charge in [-0.1, -0.05) is 71.4 Å². The SMILES string of the molecule is CCCCc1c(-c2nc3ccc4ccccc4c3s2)c(=O)oc2c3c4c(cc12)C(C)(C)CCN4CCC3(C)C. The number of hydrogen-bond donors (Lipinski definition) is 0. The van der Waals surface area contributed by atoms with Crippen molar-refractivity contribution >= 4 is 49.0 Å². The Bertz CT molecular complexity index is 1840. The fourth-order valence-electron chi connectivity index (χ4n) is 6.88. The maximum Gasteiger partial charge on any atom is 0.346 e. The first-order valence-electron chi connectivity index (χ1n) is 14.4. The molecule has 0 bridgehead atoms. The summed E-state index contributed by atoms with van der Waals surface area (Å²) in [5.74, 6) is 0. The number of thiazole rings is 1. The molecule has 0 atom stereocenters. The zero-order valence-electron chi connectivity index (χ0n) is 23.6. The highest BCUT2D eigenvalue weighted by Crippen LogP contribution is 2.52. The molecule has 0 spiro atoms. The molecule has 0 saturated heterocycles. The van der Waals surface area contributed by atoms with Gasteiger partial charge < -0.3 is 9.32 Å². The summed E-state index contributed by atoms with van der Waals surface area (Å²) in [6.07, 6.45) is 5.11. The summed E-state index contributed by atoms with van der Waals surface area (Å²) in [5, 5.41) is 4.26. The van der Waals surface area contributed by atoms with Gasteiger partial charge in [0.05, 0.1) is 15.8 Å². The van der Waals surface area contributed by atoms with Crippen molar-refractivity contribution in [2.75, 3.05) is 18.0 Å². The zero-order valence-corrected chi connectivity index (χ0v) is 24.4. The van der Waals surface area contributed by atoms with Crippen molar-refractivity contribution in [1.82, 2.24) is 4.98 Å². The van der Waals surface area contributed by atoms with Gasteiger partial charge in [0.15, 0.2) is 0 Å². The van der Waals surface area contributed by atoms with Crippen LogP contribution in [0.25, 0.3) is 42.5 Å². The van der Waals surface area contributed by atoms with Gasteiger partial charge >= 0.3 is 5.63 Å².